The molecule has 2 saturated heterocycles. The smallest absolute Gasteiger partial charge is 0.416 e. The quantitative estimate of drug-likeness (QED) is 0.681. The van der Waals surface area contributed by atoms with E-state index in [9.17, 15) is 31.1 Å². The number of hydrogen-bond acceptors (Lipinski definition) is 4. The van der Waals surface area contributed by atoms with E-state index < -0.39 is 46.8 Å². The van der Waals surface area contributed by atoms with Crippen LogP contribution >= 0.6 is 0 Å². The molecule has 2 aliphatic rings. The molecule has 0 unspecified atom stereocenters. The van der Waals surface area contributed by atoms with Crippen LogP contribution in [0.2, 0.25) is 0 Å². The minimum atomic E-state index is -4.91. The van der Waals surface area contributed by atoms with Crippen molar-refractivity contribution in [3.05, 3.63) is 34.9 Å². The summed E-state index contributed by atoms with van der Waals surface area (Å²) in [6.45, 7) is 3.97. The van der Waals surface area contributed by atoms with Crippen molar-refractivity contribution < 1.29 is 40.6 Å². The first-order chi connectivity index (χ1) is 13.7. The number of ether oxygens (including phenoxy) is 2. The summed E-state index contributed by atoms with van der Waals surface area (Å²) >= 11 is 0. The van der Waals surface area contributed by atoms with Gasteiger partial charge >= 0.3 is 18.4 Å². The molecule has 0 bridgehead atoms. The topological polar surface area (TPSA) is 59.6 Å². The van der Waals surface area contributed by atoms with Gasteiger partial charge in [0.1, 0.15) is 6.61 Å². The summed E-state index contributed by atoms with van der Waals surface area (Å²) in [4.78, 5) is 11.3. The Balaban J connectivity index is 1.69. The number of alkyl halides is 6. The van der Waals surface area contributed by atoms with Crippen molar-refractivity contribution in [1.82, 2.24) is 10.6 Å². The maximum Gasteiger partial charge on any atom is 0.416 e. The Bertz CT molecular complexity index is 768. The number of amides is 1. The Hall–Kier alpha value is -2.01. The number of alkyl carbamates (subject to hydrolysis) is 1. The van der Waals surface area contributed by atoms with Gasteiger partial charge in [0.05, 0.1) is 29.4 Å². The number of piperidine rings is 1. The fraction of sp³-hybridized carbons (Fsp3) is 0.632. The normalized spacial score (nSPS) is 28.3. The van der Waals surface area contributed by atoms with Crippen molar-refractivity contribution >= 4 is 6.09 Å². The van der Waals surface area contributed by atoms with E-state index in [1.165, 1.54) is 6.92 Å². The second-order valence-electron chi connectivity index (χ2n) is 8.19. The van der Waals surface area contributed by atoms with Crippen LogP contribution < -0.4 is 10.6 Å². The zero-order valence-corrected chi connectivity index (χ0v) is 16.3. The molecule has 30 heavy (non-hydrogen) atoms. The monoisotopic (exact) mass is 440 g/mol. The lowest BCUT2D eigenvalue weighted by atomic mass is 9.82. The highest BCUT2D eigenvalue weighted by Gasteiger charge is 2.46. The van der Waals surface area contributed by atoms with Gasteiger partial charge in [-0.3, -0.25) is 0 Å². The highest BCUT2D eigenvalue weighted by Crippen LogP contribution is 2.38. The van der Waals surface area contributed by atoms with E-state index in [1.807, 2.05) is 6.92 Å². The standard InChI is InChI=1S/C19H22F6N2O3/c1-11(12-5-13(18(20,21)22)7-14(6-12)19(23,24)25)29-9-16(2)3-4-17(8-26-16)10-30-15(28)27-17/h5-7,11,26H,3-4,8-10H2,1-2H3,(H,27,28)/t11-,16-,17-/m1/s1. The molecule has 0 aliphatic carbocycles. The number of nitrogens with one attached hydrogen (secondary N) is 2. The summed E-state index contributed by atoms with van der Waals surface area (Å²) in [6, 6.07) is 1.45. The number of benzene rings is 1. The van der Waals surface area contributed by atoms with Gasteiger partial charge in [-0.05, 0) is 50.5 Å². The van der Waals surface area contributed by atoms with Crippen LogP contribution in [0.5, 0.6) is 0 Å². The predicted molar refractivity (Wildman–Crippen MR) is 93.7 cm³/mol. The first-order valence-electron chi connectivity index (χ1n) is 9.32. The molecule has 1 aromatic carbocycles. The van der Waals surface area contributed by atoms with Crippen molar-refractivity contribution in [2.75, 3.05) is 19.8 Å². The molecular formula is C19H22F6N2O3. The van der Waals surface area contributed by atoms with Crippen LogP contribution in [0.15, 0.2) is 18.2 Å². The molecule has 1 aromatic rings. The number of carbonyl (C=O) groups is 1. The lowest BCUT2D eigenvalue weighted by Crippen LogP contribution is -2.63. The third-order valence-corrected chi connectivity index (χ3v) is 5.59. The molecule has 11 heteroatoms. The van der Waals surface area contributed by atoms with E-state index in [-0.39, 0.29) is 24.8 Å². The molecule has 0 radical (unpaired) electrons. The van der Waals surface area contributed by atoms with Crippen LogP contribution in [0.4, 0.5) is 31.1 Å². The SMILES string of the molecule is C[C@@H](OC[C@@]1(C)CC[C@@]2(CN1)COC(=O)N2)c1cc(C(F)(F)F)cc(C(F)(F)F)c1. The second kappa shape index (κ2) is 7.60. The average molecular weight is 440 g/mol. The summed E-state index contributed by atoms with van der Waals surface area (Å²) in [5.41, 5.74) is -4.01. The Morgan fingerprint density at radius 1 is 1.10 bits per heavy atom. The van der Waals surface area contributed by atoms with Gasteiger partial charge in [-0.1, -0.05) is 0 Å². The van der Waals surface area contributed by atoms with Crippen LogP contribution in [-0.4, -0.2) is 36.9 Å². The third-order valence-electron chi connectivity index (χ3n) is 5.59. The van der Waals surface area contributed by atoms with Crippen LogP contribution in [0.25, 0.3) is 0 Å². The summed E-state index contributed by atoms with van der Waals surface area (Å²) in [5.74, 6) is 0. The molecule has 1 amide bonds. The molecule has 2 N–H and O–H groups in total. The lowest BCUT2D eigenvalue weighted by molar-refractivity contribution is -0.143. The molecule has 3 rings (SSSR count). The lowest BCUT2D eigenvalue weighted by Gasteiger charge is -2.43. The van der Waals surface area contributed by atoms with Gasteiger partial charge in [0.25, 0.3) is 0 Å². The Kier molecular flexibility index (Phi) is 5.74. The summed E-state index contributed by atoms with van der Waals surface area (Å²) in [6.07, 6.45) is -10.1. The molecule has 2 heterocycles. The molecule has 1 spiro atoms. The number of carbonyl (C=O) groups excluding carboxylic acids is 1. The van der Waals surface area contributed by atoms with Gasteiger partial charge < -0.3 is 20.1 Å². The van der Waals surface area contributed by atoms with Gasteiger partial charge in [0.2, 0.25) is 0 Å². The van der Waals surface area contributed by atoms with Gasteiger partial charge in [-0.25, -0.2) is 4.79 Å². The minimum absolute atomic E-state index is 0.0661. The van der Waals surface area contributed by atoms with Gasteiger partial charge in [-0.15, -0.1) is 0 Å². The Labute approximate surface area is 169 Å². The first-order valence-corrected chi connectivity index (χ1v) is 9.32. The molecule has 5 nitrogen and oxygen atoms in total. The van der Waals surface area contributed by atoms with E-state index in [1.54, 1.807) is 0 Å². The van der Waals surface area contributed by atoms with E-state index >= 15 is 0 Å². The van der Waals surface area contributed by atoms with Gasteiger partial charge in [0, 0.05) is 12.1 Å². The van der Waals surface area contributed by atoms with Crippen LogP contribution in [0.3, 0.4) is 0 Å². The van der Waals surface area contributed by atoms with Crippen LogP contribution in [0, 0.1) is 0 Å². The second-order valence-corrected chi connectivity index (χ2v) is 8.19. The van der Waals surface area contributed by atoms with Gasteiger partial charge in [-0.2, -0.15) is 26.3 Å². The summed E-state index contributed by atoms with van der Waals surface area (Å²) in [7, 11) is 0. The molecule has 168 valence electrons. The molecule has 2 aliphatic heterocycles. The number of hydrogen-bond donors (Lipinski definition) is 2. The van der Waals surface area contributed by atoms with E-state index in [2.05, 4.69) is 10.6 Å². The van der Waals surface area contributed by atoms with E-state index in [4.69, 9.17) is 9.47 Å². The zero-order valence-electron chi connectivity index (χ0n) is 16.3. The molecule has 3 atom stereocenters. The van der Waals surface area contributed by atoms with Crippen LogP contribution in [-0.2, 0) is 21.8 Å². The fourth-order valence-electron chi connectivity index (χ4n) is 3.54. The largest absolute Gasteiger partial charge is 0.447 e. The zero-order chi connectivity index (χ0) is 22.4. The Morgan fingerprint density at radius 3 is 2.13 bits per heavy atom. The Morgan fingerprint density at radius 2 is 1.70 bits per heavy atom. The van der Waals surface area contributed by atoms with E-state index in [0.29, 0.717) is 31.5 Å². The first kappa shape index (κ1) is 22.7. The fourth-order valence-corrected chi connectivity index (χ4v) is 3.54. The predicted octanol–water partition coefficient (Wildman–Crippen LogP) is 4.42. The maximum atomic E-state index is 13.1. The van der Waals surface area contributed by atoms with E-state index in [0.717, 1.165) is 0 Å². The van der Waals surface area contributed by atoms with Crippen molar-refractivity contribution in [1.29, 1.82) is 0 Å². The number of cyclic esters (lactones) is 1. The molecule has 2 fully saturated rings. The van der Waals surface area contributed by atoms with Crippen molar-refractivity contribution in [3.63, 3.8) is 0 Å². The van der Waals surface area contributed by atoms with Crippen molar-refractivity contribution in [3.8, 4) is 0 Å². The summed E-state index contributed by atoms with van der Waals surface area (Å²) < 4.78 is 88.9. The highest BCUT2D eigenvalue weighted by atomic mass is 19.4. The highest BCUT2D eigenvalue weighted by molar-refractivity contribution is 5.70. The third kappa shape index (κ3) is 5.00. The summed E-state index contributed by atoms with van der Waals surface area (Å²) in [5, 5.41) is 6.01. The van der Waals surface area contributed by atoms with Crippen LogP contribution in [0.1, 0.15) is 49.5 Å². The number of rotatable bonds is 4. The number of halogens is 6. The van der Waals surface area contributed by atoms with Crippen molar-refractivity contribution in [2.45, 2.75) is 56.2 Å². The molecular weight excluding hydrogens is 418 g/mol. The van der Waals surface area contributed by atoms with Gasteiger partial charge in [0.15, 0.2) is 0 Å². The maximum absolute atomic E-state index is 13.1. The molecule has 0 aromatic heterocycles. The average Bonchev–Trinajstić information content (AvgIpc) is 3.02. The minimum Gasteiger partial charge on any atom is -0.447 e. The van der Waals surface area contributed by atoms with Crippen molar-refractivity contribution in [2.24, 2.45) is 0 Å². The molecule has 0 saturated carbocycles.